The third kappa shape index (κ3) is 4.98. The van der Waals surface area contributed by atoms with E-state index in [-0.39, 0.29) is 6.10 Å². The van der Waals surface area contributed by atoms with Gasteiger partial charge in [-0.15, -0.1) is 0 Å². The minimum atomic E-state index is 0.236. The number of benzene rings is 1. The number of hydrogen-bond acceptors (Lipinski definition) is 3. The molecular formula is C12H19NOS. The summed E-state index contributed by atoms with van der Waals surface area (Å²) in [5, 5.41) is 3.35. The smallest absolute Gasteiger partial charge is 0.119 e. The molecule has 1 rings (SSSR count). The molecule has 84 valence electrons. The van der Waals surface area contributed by atoms with Crippen LogP contribution in [0.4, 0.5) is 5.69 Å². The summed E-state index contributed by atoms with van der Waals surface area (Å²) in [6.45, 7) is 5.07. The van der Waals surface area contributed by atoms with Crippen LogP contribution in [-0.4, -0.2) is 24.7 Å². The lowest BCUT2D eigenvalue weighted by Crippen LogP contribution is -2.06. The summed E-state index contributed by atoms with van der Waals surface area (Å²) in [6.07, 6.45) is 2.35. The van der Waals surface area contributed by atoms with Crippen molar-refractivity contribution in [2.24, 2.45) is 0 Å². The summed E-state index contributed by atoms with van der Waals surface area (Å²) in [6, 6.07) is 8.11. The predicted octanol–water partition coefficient (Wildman–Crippen LogP) is 3.25. The van der Waals surface area contributed by atoms with E-state index in [1.165, 1.54) is 0 Å². The molecular weight excluding hydrogens is 206 g/mol. The first-order valence-electron chi connectivity index (χ1n) is 5.22. The van der Waals surface area contributed by atoms with E-state index < -0.39 is 0 Å². The molecule has 0 aromatic heterocycles. The minimum Gasteiger partial charge on any atom is -0.491 e. The van der Waals surface area contributed by atoms with Gasteiger partial charge in [0.05, 0.1) is 6.10 Å². The van der Waals surface area contributed by atoms with Crippen LogP contribution in [0.25, 0.3) is 0 Å². The molecule has 0 spiro atoms. The fourth-order valence-electron chi connectivity index (χ4n) is 1.22. The fraction of sp³-hybridized carbons (Fsp3) is 0.500. The number of hydrogen-bond donors (Lipinski definition) is 1. The third-order valence-corrected chi connectivity index (χ3v) is 2.47. The van der Waals surface area contributed by atoms with Gasteiger partial charge < -0.3 is 10.1 Å². The van der Waals surface area contributed by atoms with Crippen molar-refractivity contribution in [2.45, 2.75) is 20.0 Å². The SMILES string of the molecule is CSCCNc1ccc(OC(C)C)cc1. The average Bonchev–Trinajstić information content (AvgIpc) is 2.20. The normalized spacial score (nSPS) is 10.4. The first kappa shape index (κ1) is 12.2. The Morgan fingerprint density at radius 2 is 1.93 bits per heavy atom. The Hall–Kier alpha value is -0.830. The van der Waals surface area contributed by atoms with Gasteiger partial charge in [-0.1, -0.05) is 0 Å². The topological polar surface area (TPSA) is 21.3 Å². The molecule has 0 radical (unpaired) electrons. The molecule has 3 heteroatoms. The van der Waals surface area contributed by atoms with Crippen LogP contribution in [-0.2, 0) is 0 Å². The van der Waals surface area contributed by atoms with Crippen LogP contribution in [0.5, 0.6) is 5.75 Å². The summed E-state index contributed by atoms with van der Waals surface area (Å²) >= 11 is 1.85. The minimum absolute atomic E-state index is 0.236. The van der Waals surface area contributed by atoms with Crippen molar-refractivity contribution in [1.29, 1.82) is 0 Å². The Labute approximate surface area is 96.4 Å². The highest BCUT2D eigenvalue weighted by molar-refractivity contribution is 7.98. The zero-order valence-electron chi connectivity index (χ0n) is 9.62. The van der Waals surface area contributed by atoms with E-state index in [0.717, 1.165) is 23.7 Å². The van der Waals surface area contributed by atoms with Gasteiger partial charge >= 0.3 is 0 Å². The highest BCUT2D eigenvalue weighted by atomic mass is 32.2. The summed E-state index contributed by atoms with van der Waals surface area (Å²) in [7, 11) is 0. The molecule has 0 fully saturated rings. The van der Waals surface area contributed by atoms with Crippen LogP contribution in [0.15, 0.2) is 24.3 Å². The summed E-state index contributed by atoms with van der Waals surface area (Å²) < 4.78 is 5.56. The molecule has 1 aromatic rings. The largest absolute Gasteiger partial charge is 0.491 e. The lowest BCUT2D eigenvalue weighted by molar-refractivity contribution is 0.242. The number of thioether (sulfide) groups is 1. The van der Waals surface area contributed by atoms with Gasteiger partial charge in [0.25, 0.3) is 0 Å². The van der Waals surface area contributed by atoms with Gasteiger partial charge in [0.1, 0.15) is 5.75 Å². The summed E-state index contributed by atoms with van der Waals surface area (Å²) in [5.41, 5.74) is 1.15. The van der Waals surface area contributed by atoms with Crippen LogP contribution in [0.2, 0.25) is 0 Å². The third-order valence-electron chi connectivity index (χ3n) is 1.86. The Morgan fingerprint density at radius 1 is 1.27 bits per heavy atom. The van der Waals surface area contributed by atoms with Gasteiger partial charge in [0, 0.05) is 18.0 Å². The Bertz CT molecular complexity index is 271. The molecule has 1 aromatic carbocycles. The molecule has 0 saturated carbocycles. The number of rotatable bonds is 6. The van der Waals surface area contributed by atoms with E-state index in [2.05, 4.69) is 23.7 Å². The first-order valence-corrected chi connectivity index (χ1v) is 6.61. The van der Waals surface area contributed by atoms with Crippen LogP contribution in [0, 0.1) is 0 Å². The Morgan fingerprint density at radius 3 is 2.47 bits per heavy atom. The number of nitrogens with one attached hydrogen (secondary N) is 1. The molecule has 0 amide bonds. The molecule has 0 aliphatic heterocycles. The Kier molecular flexibility index (Phi) is 5.40. The molecule has 0 aliphatic rings. The van der Waals surface area contributed by atoms with E-state index in [1.54, 1.807) is 0 Å². The molecule has 0 saturated heterocycles. The van der Waals surface area contributed by atoms with Crippen molar-refractivity contribution in [3.05, 3.63) is 24.3 Å². The maximum absolute atomic E-state index is 5.56. The van der Waals surface area contributed by atoms with Crippen molar-refractivity contribution < 1.29 is 4.74 Å². The van der Waals surface area contributed by atoms with E-state index >= 15 is 0 Å². The van der Waals surface area contributed by atoms with Crippen LogP contribution in [0.3, 0.4) is 0 Å². The number of anilines is 1. The quantitative estimate of drug-likeness (QED) is 0.751. The first-order chi connectivity index (χ1) is 7.22. The van der Waals surface area contributed by atoms with Crippen molar-refractivity contribution >= 4 is 17.4 Å². The van der Waals surface area contributed by atoms with Gasteiger partial charge in [-0.25, -0.2) is 0 Å². The molecule has 0 aliphatic carbocycles. The van der Waals surface area contributed by atoms with Crippen molar-refractivity contribution in [1.82, 2.24) is 0 Å². The van der Waals surface area contributed by atoms with Crippen molar-refractivity contribution in [3.8, 4) is 5.75 Å². The lowest BCUT2D eigenvalue weighted by Gasteiger charge is -2.10. The molecule has 15 heavy (non-hydrogen) atoms. The van der Waals surface area contributed by atoms with Crippen LogP contribution in [0.1, 0.15) is 13.8 Å². The average molecular weight is 225 g/mol. The highest BCUT2D eigenvalue weighted by Gasteiger charge is 1.97. The van der Waals surface area contributed by atoms with Gasteiger partial charge in [0.15, 0.2) is 0 Å². The second-order valence-electron chi connectivity index (χ2n) is 3.61. The van der Waals surface area contributed by atoms with E-state index in [0.29, 0.717) is 0 Å². The summed E-state index contributed by atoms with van der Waals surface area (Å²) in [5.74, 6) is 2.06. The van der Waals surface area contributed by atoms with E-state index in [4.69, 9.17) is 4.74 Å². The summed E-state index contributed by atoms with van der Waals surface area (Å²) in [4.78, 5) is 0. The molecule has 1 N–H and O–H groups in total. The van der Waals surface area contributed by atoms with Crippen molar-refractivity contribution in [3.63, 3.8) is 0 Å². The highest BCUT2D eigenvalue weighted by Crippen LogP contribution is 2.16. The lowest BCUT2D eigenvalue weighted by atomic mass is 10.3. The predicted molar refractivity (Wildman–Crippen MR) is 69.1 cm³/mol. The van der Waals surface area contributed by atoms with Gasteiger partial charge in [-0.2, -0.15) is 11.8 Å². The van der Waals surface area contributed by atoms with Gasteiger partial charge in [0.2, 0.25) is 0 Å². The van der Waals surface area contributed by atoms with Crippen molar-refractivity contribution in [2.75, 3.05) is 23.9 Å². The second-order valence-corrected chi connectivity index (χ2v) is 4.60. The molecule has 0 unspecified atom stereocenters. The number of ether oxygens (including phenoxy) is 1. The standard InChI is InChI=1S/C12H19NOS/c1-10(2)14-12-6-4-11(5-7-12)13-8-9-15-3/h4-7,10,13H,8-9H2,1-3H3. The monoisotopic (exact) mass is 225 g/mol. The van der Waals surface area contributed by atoms with E-state index in [1.807, 2.05) is 37.7 Å². The maximum atomic E-state index is 5.56. The maximum Gasteiger partial charge on any atom is 0.119 e. The molecule has 0 heterocycles. The van der Waals surface area contributed by atoms with Gasteiger partial charge in [-0.3, -0.25) is 0 Å². The fourth-order valence-corrected chi connectivity index (χ4v) is 1.53. The van der Waals surface area contributed by atoms with Crippen LogP contribution < -0.4 is 10.1 Å². The zero-order valence-corrected chi connectivity index (χ0v) is 10.4. The van der Waals surface area contributed by atoms with Gasteiger partial charge in [-0.05, 0) is 44.4 Å². The zero-order chi connectivity index (χ0) is 11.1. The van der Waals surface area contributed by atoms with Crippen LogP contribution >= 0.6 is 11.8 Å². The Balaban J connectivity index is 2.42. The molecule has 2 nitrogen and oxygen atoms in total. The molecule has 0 bridgehead atoms. The molecule has 0 atom stereocenters. The van der Waals surface area contributed by atoms with E-state index in [9.17, 15) is 0 Å². The second kappa shape index (κ2) is 6.62.